The number of aromatic nitrogens is 1. The van der Waals surface area contributed by atoms with Crippen LogP contribution in [0.5, 0.6) is 0 Å². The van der Waals surface area contributed by atoms with Gasteiger partial charge in [0, 0.05) is 35.8 Å². The summed E-state index contributed by atoms with van der Waals surface area (Å²) in [6.45, 7) is -0.277. The highest BCUT2D eigenvalue weighted by molar-refractivity contribution is 5.99. The first-order valence-corrected chi connectivity index (χ1v) is 12.8. The molecule has 9 heteroatoms. The van der Waals surface area contributed by atoms with Crippen LogP contribution in [-0.4, -0.2) is 64.1 Å². The van der Waals surface area contributed by atoms with E-state index in [1.165, 1.54) is 9.80 Å². The lowest BCUT2D eigenvalue weighted by Crippen LogP contribution is -2.56. The van der Waals surface area contributed by atoms with Gasteiger partial charge in [0.2, 0.25) is 23.6 Å². The van der Waals surface area contributed by atoms with Gasteiger partial charge < -0.3 is 25.4 Å². The summed E-state index contributed by atoms with van der Waals surface area (Å²) in [6.07, 6.45) is 2.07. The highest BCUT2D eigenvalue weighted by atomic mass is 16.2. The monoisotopic (exact) mass is 523 g/mol. The average molecular weight is 524 g/mol. The fraction of sp³-hybridized carbons (Fsp3) is 0.200. The molecule has 4 amide bonds. The van der Waals surface area contributed by atoms with Crippen molar-refractivity contribution in [3.63, 3.8) is 0 Å². The Balaban J connectivity index is 1.26. The van der Waals surface area contributed by atoms with E-state index >= 15 is 0 Å². The topological polar surface area (TPSA) is 115 Å². The number of aromatic amines is 1. The molecular formula is C30H29N5O4. The third-order valence-electron chi connectivity index (χ3n) is 6.70. The van der Waals surface area contributed by atoms with Gasteiger partial charge in [-0.3, -0.25) is 19.2 Å². The maximum absolute atomic E-state index is 13.3. The molecule has 1 fully saturated rings. The number of amides is 4. The molecule has 2 heterocycles. The van der Waals surface area contributed by atoms with E-state index in [1.54, 1.807) is 12.1 Å². The number of fused-ring (bicyclic) bond motifs is 1. The van der Waals surface area contributed by atoms with Gasteiger partial charge in [0.05, 0.1) is 0 Å². The van der Waals surface area contributed by atoms with Crippen LogP contribution >= 0.6 is 0 Å². The van der Waals surface area contributed by atoms with E-state index in [1.807, 2.05) is 79.0 Å². The quantitative estimate of drug-likeness (QED) is 0.313. The molecule has 0 radical (unpaired) electrons. The van der Waals surface area contributed by atoms with Crippen molar-refractivity contribution in [2.24, 2.45) is 0 Å². The normalized spacial score (nSPS) is 14.4. The minimum Gasteiger partial charge on any atom is -0.361 e. The molecule has 198 valence electrons. The van der Waals surface area contributed by atoms with E-state index in [0.717, 1.165) is 22.0 Å². The van der Waals surface area contributed by atoms with Crippen LogP contribution in [0.15, 0.2) is 91.1 Å². The Hall–Kier alpha value is -4.92. The first kappa shape index (κ1) is 25.7. The lowest BCUT2D eigenvalue weighted by molar-refractivity contribution is -0.152. The summed E-state index contributed by atoms with van der Waals surface area (Å²) in [5.41, 5.74) is 3.34. The summed E-state index contributed by atoms with van der Waals surface area (Å²) >= 11 is 0. The van der Waals surface area contributed by atoms with Crippen LogP contribution < -0.4 is 10.6 Å². The number of anilines is 1. The van der Waals surface area contributed by atoms with Crippen LogP contribution in [0.2, 0.25) is 0 Å². The summed E-state index contributed by atoms with van der Waals surface area (Å²) in [5, 5.41) is 6.60. The molecular weight excluding hydrogens is 494 g/mol. The highest BCUT2D eigenvalue weighted by Crippen LogP contribution is 2.20. The fourth-order valence-corrected chi connectivity index (χ4v) is 4.69. The molecule has 1 unspecified atom stereocenters. The van der Waals surface area contributed by atoms with Gasteiger partial charge in [0.1, 0.15) is 25.7 Å². The minimum atomic E-state index is -0.901. The number of nitrogens with zero attached hydrogens (tertiary/aromatic N) is 2. The standard InChI is InChI=1S/C30H29N5O4/c36-27(18-35-20-28(37)34(19-29(35)38)17-21-9-3-1-4-10-21)33-26(30(39)32-23-11-5-2-6-12-23)15-22-16-31-25-14-8-7-13-24(22)25/h1-14,16,26,31H,15,17-20H2,(H,32,39)(H,33,36). The zero-order chi connectivity index (χ0) is 27.2. The number of H-pyrrole nitrogens is 1. The number of carbonyl (C=O) groups excluding carboxylic acids is 4. The number of carbonyl (C=O) groups is 4. The Morgan fingerprint density at radius 1 is 0.821 bits per heavy atom. The summed E-state index contributed by atoms with van der Waals surface area (Å²) in [4.78, 5) is 57.8. The van der Waals surface area contributed by atoms with Gasteiger partial charge in [-0.15, -0.1) is 0 Å². The zero-order valence-corrected chi connectivity index (χ0v) is 21.3. The molecule has 39 heavy (non-hydrogen) atoms. The van der Waals surface area contributed by atoms with Crippen LogP contribution in [0.4, 0.5) is 5.69 Å². The van der Waals surface area contributed by atoms with Crippen molar-refractivity contribution >= 4 is 40.2 Å². The zero-order valence-electron chi connectivity index (χ0n) is 21.3. The number of hydrogen-bond acceptors (Lipinski definition) is 4. The van der Waals surface area contributed by atoms with Crippen molar-refractivity contribution in [2.75, 3.05) is 25.0 Å². The smallest absolute Gasteiger partial charge is 0.247 e. The number of rotatable bonds is 9. The van der Waals surface area contributed by atoms with Crippen LogP contribution in [-0.2, 0) is 32.1 Å². The van der Waals surface area contributed by atoms with Crippen molar-refractivity contribution in [3.05, 3.63) is 102 Å². The summed E-state index contributed by atoms with van der Waals surface area (Å²) < 4.78 is 0. The van der Waals surface area contributed by atoms with Gasteiger partial charge in [-0.25, -0.2) is 0 Å². The number of para-hydroxylation sites is 2. The van der Waals surface area contributed by atoms with E-state index in [0.29, 0.717) is 12.2 Å². The van der Waals surface area contributed by atoms with Crippen molar-refractivity contribution in [1.82, 2.24) is 20.1 Å². The van der Waals surface area contributed by atoms with Gasteiger partial charge in [0.25, 0.3) is 0 Å². The molecule has 5 rings (SSSR count). The largest absolute Gasteiger partial charge is 0.361 e. The third-order valence-corrected chi connectivity index (χ3v) is 6.70. The van der Waals surface area contributed by atoms with Crippen molar-refractivity contribution in [1.29, 1.82) is 0 Å². The second-order valence-corrected chi connectivity index (χ2v) is 9.52. The molecule has 3 N–H and O–H groups in total. The Labute approximate surface area is 225 Å². The number of piperazine rings is 1. The molecule has 1 saturated heterocycles. The summed E-state index contributed by atoms with van der Waals surface area (Å²) in [6, 6.07) is 25.3. The van der Waals surface area contributed by atoms with E-state index < -0.39 is 11.9 Å². The number of benzene rings is 3. The molecule has 1 aliphatic rings. The molecule has 0 spiro atoms. The number of nitrogens with one attached hydrogen (secondary N) is 3. The second kappa shape index (κ2) is 11.6. The van der Waals surface area contributed by atoms with Crippen LogP contribution in [0, 0.1) is 0 Å². The van der Waals surface area contributed by atoms with E-state index in [4.69, 9.17) is 0 Å². The lowest BCUT2D eigenvalue weighted by atomic mass is 10.0. The van der Waals surface area contributed by atoms with Crippen LogP contribution in [0.25, 0.3) is 10.9 Å². The first-order chi connectivity index (χ1) is 19.0. The Morgan fingerprint density at radius 3 is 2.23 bits per heavy atom. The average Bonchev–Trinajstić information content (AvgIpc) is 3.35. The molecule has 0 aliphatic carbocycles. The SMILES string of the molecule is O=C(CN1CC(=O)N(Cc2ccccc2)CC1=O)NC(Cc1c[nH]c2ccccc12)C(=O)Nc1ccccc1. The summed E-state index contributed by atoms with van der Waals surface area (Å²) in [5.74, 6) is -1.44. The van der Waals surface area contributed by atoms with Crippen molar-refractivity contribution < 1.29 is 19.2 Å². The van der Waals surface area contributed by atoms with Crippen LogP contribution in [0.1, 0.15) is 11.1 Å². The maximum Gasteiger partial charge on any atom is 0.247 e. The molecule has 9 nitrogen and oxygen atoms in total. The van der Waals surface area contributed by atoms with E-state index in [9.17, 15) is 19.2 Å². The fourth-order valence-electron chi connectivity index (χ4n) is 4.69. The number of hydrogen-bond donors (Lipinski definition) is 3. The Morgan fingerprint density at radius 2 is 1.46 bits per heavy atom. The van der Waals surface area contributed by atoms with E-state index in [2.05, 4.69) is 15.6 Å². The minimum absolute atomic E-state index is 0.103. The lowest BCUT2D eigenvalue weighted by Gasteiger charge is -2.33. The summed E-state index contributed by atoms with van der Waals surface area (Å²) in [7, 11) is 0. The van der Waals surface area contributed by atoms with Gasteiger partial charge in [0.15, 0.2) is 0 Å². The van der Waals surface area contributed by atoms with Gasteiger partial charge in [-0.1, -0.05) is 66.7 Å². The van der Waals surface area contributed by atoms with Crippen LogP contribution in [0.3, 0.4) is 0 Å². The molecule has 0 saturated carbocycles. The molecule has 0 bridgehead atoms. The highest BCUT2D eigenvalue weighted by Gasteiger charge is 2.32. The molecule has 1 aliphatic heterocycles. The predicted molar refractivity (Wildman–Crippen MR) is 147 cm³/mol. The van der Waals surface area contributed by atoms with Crippen molar-refractivity contribution in [2.45, 2.75) is 19.0 Å². The maximum atomic E-state index is 13.3. The molecule has 3 aromatic carbocycles. The van der Waals surface area contributed by atoms with Crippen molar-refractivity contribution in [3.8, 4) is 0 Å². The first-order valence-electron chi connectivity index (χ1n) is 12.8. The molecule has 4 aromatic rings. The Kier molecular flexibility index (Phi) is 7.68. The van der Waals surface area contributed by atoms with E-state index in [-0.39, 0.29) is 43.8 Å². The van der Waals surface area contributed by atoms with Gasteiger partial charge >= 0.3 is 0 Å². The van der Waals surface area contributed by atoms with Gasteiger partial charge in [-0.05, 0) is 29.3 Å². The molecule has 1 aromatic heterocycles. The third kappa shape index (κ3) is 6.32. The predicted octanol–water partition coefficient (Wildman–Crippen LogP) is 2.70. The van der Waals surface area contributed by atoms with Gasteiger partial charge in [-0.2, -0.15) is 0 Å². The molecule has 1 atom stereocenters. The Bertz CT molecular complexity index is 1490. The second-order valence-electron chi connectivity index (χ2n) is 9.52.